The van der Waals surface area contributed by atoms with E-state index in [1.807, 2.05) is 25.1 Å². The molecule has 1 rings (SSSR count). The largest absolute Gasteiger partial charge is 0.494 e. The van der Waals surface area contributed by atoms with Gasteiger partial charge in [-0.3, -0.25) is 0 Å². The van der Waals surface area contributed by atoms with Crippen molar-refractivity contribution in [2.24, 2.45) is 0 Å². The predicted octanol–water partition coefficient (Wildman–Crippen LogP) is 2.77. The standard InChI is InChI=1S/C11H15BrO2/c1-2-14-10-6-5-9(4-3-7-13)11(12)8-10/h5-6,8,13H,2-4,7H2,1H3. The highest BCUT2D eigenvalue weighted by Gasteiger charge is 2.01. The van der Waals surface area contributed by atoms with Crippen LogP contribution in [0.25, 0.3) is 0 Å². The van der Waals surface area contributed by atoms with Crippen LogP contribution in [0, 0.1) is 0 Å². The molecule has 0 spiro atoms. The smallest absolute Gasteiger partial charge is 0.120 e. The molecule has 1 N–H and O–H groups in total. The molecule has 1 aromatic carbocycles. The van der Waals surface area contributed by atoms with Crippen LogP contribution in [0.1, 0.15) is 18.9 Å². The summed E-state index contributed by atoms with van der Waals surface area (Å²) in [6.07, 6.45) is 1.69. The zero-order valence-electron chi connectivity index (χ0n) is 8.29. The van der Waals surface area contributed by atoms with Gasteiger partial charge in [-0.05, 0) is 37.5 Å². The summed E-state index contributed by atoms with van der Waals surface area (Å²) >= 11 is 3.49. The lowest BCUT2D eigenvalue weighted by Crippen LogP contribution is -1.94. The van der Waals surface area contributed by atoms with Crippen LogP contribution >= 0.6 is 15.9 Å². The molecular weight excluding hydrogens is 244 g/mol. The fourth-order valence-corrected chi connectivity index (χ4v) is 1.81. The van der Waals surface area contributed by atoms with Crippen molar-refractivity contribution in [1.82, 2.24) is 0 Å². The summed E-state index contributed by atoms with van der Waals surface area (Å²) in [5.74, 6) is 0.882. The zero-order valence-corrected chi connectivity index (χ0v) is 9.88. The first kappa shape index (κ1) is 11.5. The Balaban J connectivity index is 2.68. The summed E-state index contributed by atoms with van der Waals surface area (Å²) in [6.45, 7) is 2.88. The van der Waals surface area contributed by atoms with Crippen molar-refractivity contribution in [2.45, 2.75) is 19.8 Å². The normalized spacial score (nSPS) is 10.2. The minimum absolute atomic E-state index is 0.236. The SMILES string of the molecule is CCOc1ccc(CCCO)c(Br)c1. The second-order valence-electron chi connectivity index (χ2n) is 3.01. The van der Waals surface area contributed by atoms with Crippen LogP contribution in [0.4, 0.5) is 0 Å². The molecule has 0 saturated heterocycles. The van der Waals surface area contributed by atoms with Crippen molar-refractivity contribution in [3.8, 4) is 5.75 Å². The average molecular weight is 259 g/mol. The van der Waals surface area contributed by atoms with E-state index in [1.54, 1.807) is 0 Å². The number of aryl methyl sites for hydroxylation is 1. The van der Waals surface area contributed by atoms with Crippen LogP contribution in [-0.2, 0) is 6.42 Å². The first-order valence-corrected chi connectivity index (χ1v) is 5.59. The van der Waals surface area contributed by atoms with E-state index in [9.17, 15) is 0 Å². The summed E-state index contributed by atoms with van der Waals surface area (Å²) in [7, 11) is 0. The van der Waals surface area contributed by atoms with E-state index in [-0.39, 0.29) is 6.61 Å². The van der Waals surface area contributed by atoms with E-state index < -0.39 is 0 Å². The second kappa shape index (κ2) is 6.04. The highest BCUT2D eigenvalue weighted by molar-refractivity contribution is 9.10. The zero-order chi connectivity index (χ0) is 10.4. The van der Waals surface area contributed by atoms with Crippen LogP contribution in [-0.4, -0.2) is 18.3 Å². The maximum atomic E-state index is 8.72. The highest BCUT2D eigenvalue weighted by Crippen LogP contribution is 2.24. The van der Waals surface area contributed by atoms with Crippen LogP contribution in [0.2, 0.25) is 0 Å². The molecule has 0 aromatic heterocycles. The third-order valence-corrected chi connectivity index (χ3v) is 2.68. The molecule has 14 heavy (non-hydrogen) atoms. The molecule has 1 aromatic rings. The van der Waals surface area contributed by atoms with Crippen molar-refractivity contribution in [3.63, 3.8) is 0 Å². The molecule has 0 saturated carbocycles. The first-order chi connectivity index (χ1) is 6.77. The summed E-state index contributed by atoms with van der Waals surface area (Å²) < 4.78 is 6.42. The number of rotatable bonds is 5. The lowest BCUT2D eigenvalue weighted by atomic mass is 10.1. The number of benzene rings is 1. The first-order valence-electron chi connectivity index (χ1n) is 4.80. The van der Waals surface area contributed by atoms with Crippen LogP contribution in [0.15, 0.2) is 22.7 Å². The topological polar surface area (TPSA) is 29.5 Å². The Morgan fingerprint density at radius 1 is 1.43 bits per heavy atom. The van der Waals surface area contributed by atoms with E-state index in [1.165, 1.54) is 5.56 Å². The Bertz CT molecular complexity index is 287. The monoisotopic (exact) mass is 258 g/mol. The lowest BCUT2D eigenvalue weighted by molar-refractivity contribution is 0.288. The molecule has 0 unspecified atom stereocenters. The molecule has 0 aliphatic carbocycles. The third-order valence-electron chi connectivity index (χ3n) is 1.94. The molecule has 0 atom stereocenters. The van der Waals surface area contributed by atoms with E-state index >= 15 is 0 Å². The number of hydrogen-bond acceptors (Lipinski definition) is 2. The van der Waals surface area contributed by atoms with Gasteiger partial charge in [-0.1, -0.05) is 22.0 Å². The Labute approximate surface area is 93.0 Å². The second-order valence-corrected chi connectivity index (χ2v) is 3.87. The third kappa shape index (κ3) is 3.31. The molecule has 0 aliphatic heterocycles. The van der Waals surface area contributed by atoms with Crippen LogP contribution < -0.4 is 4.74 Å². The molecule has 0 radical (unpaired) electrons. The number of ether oxygens (including phenoxy) is 1. The summed E-state index contributed by atoms with van der Waals surface area (Å²) in [6, 6.07) is 5.96. The van der Waals surface area contributed by atoms with Gasteiger partial charge >= 0.3 is 0 Å². The molecule has 0 fully saturated rings. The molecule has 0 bridgehead atoms. The van der Waals surface area contributed by atoms with E-state index in [0.717, 1.165) is 23.1 Å². The molecule has 78 valence electrons. The highest BCUT2D eigenvalue weighted by atomic mass is 79.9. The molecular formula is C11H15BrO2. The summed E-state index contributed by atoms with van der Waals surface area (Å²) in [5, 5.41) is 8.72. The minimum atomic E-state index is 0.236. The van der Waals surface area contributed by atoms with Crippen molar-refractivity contribution in [1.29, 1.82) is 0 Å². The van der Waals surface area contributed by atoms with Gasteiger partial charge in [0.05, 0.1) is 6.61 Å². The van der Waals surface area contributed by atoms with Crippen molar-refractivity contribution in [3.05, 3.63) is 28.2 Å². The number of aliphatic hydroxyl groups is 1. The van der Waals surface area contributed by atoms with Crippen LogP contribution in [0.3, 0.4) is 0 Å². The number of aliphatic hydroxyl groups excluding tert-OH is 1. The number of hydrogen-bond donors (Lipinski definition) is 1. The predicted molar refractivity (Wildman–Crippen MR) is 60.7 cm³/mol. The van der Waals surface area contributed by atoms with E-state index in [4.69, 9.17) is 9.84 Å². The van der Waals surface area contributed by atoms with Crippen molar-refractivity contribution >= 4 is 15.9 Å². The van der Waals surface area contributed by atoms with Gasteiger partial charge < -0.3 is 9.84 Å². The maximum Gasteiger partial charge on any atom is 0.120 e. The molecule has 0 aliphatic rings. The fourth-order valence-electron chi connectivity index (χ4n) is 1.26. The van der Waals surface area contributed by atoms with Gasteiger partial charge in [0.25, 0.3) is 0 Å². The van der Waals surface area contributed by atoms with Gasteiger partial charge in [-0.2, -0.15) is 0 Å². The Morgan fingerprint density at radius 3 is 2.79 bits per heavy atom. The van der Waals surface area contributed by atoms with Gasteiger partial charge in [0.1, 0.15) is 5.75 Å². The van der Waals surface area contributed by atoms with Crippen LogP contribution in [0.5, 0.6) is 5.75 Å². The van der Waals surface area contributed by atoms with Crippen molar-refractivity contribution < 1.29 is 9.84 Å². The van der Waals surface area contributed by atoms with Gasteiger partial charge in [0.15, 0.2) is 0 Å². The average Bonchev–Trinajstić information content (AvgIpc) is 2.17. The van der Waals surface area contributed by atoms with E-state index in [2.05, 4.69) is 15.9 Å². The Morgan fingerprint density at radius 2 is 2.21 bits per heavy atom. The number of halogens is 1. The molecule has 2 nitrogen and oxygen atoms in total. The Hall–Kier alpha value is -0.540. The lowest BCUT2D eigenvalue weighted by Gasteiger charge is -2.07. The van der Waals surface area contributed by atoms with Gasteiger partial charge in [0, 0.05) is 11.1 Å². The quantitative estimate of drug-likeness (QED) is 0.881. The van der Waals surface area contributed by atoms with Crippen molar-refractivity contribution in [2.75, 3.05) is 13.2 Å². The molecule has 0 heterocycles. The van der Waals surface area contributed by atoms with Gasteiger partial charge in [-0.15, -0.1) is 0 Å². The summed E-state index contributed by atoms with van der Waals surface area (Å²) in [5.41, 5.74) is 1.21. The van der Waals surface area contributed by atoms with E-state index in [0.29, 0.717) is 6.61 Å². The van der Waals surface area contributed by atoms with Gasteiger partial charge in [-0.25, -0.2) is 0 Å². The van der Waals surface area contributed by atoms with Gasteiger partial charge in [0.2, 0.25) is 0 Å². The maximum absolute atomic E-state index is 8.72. The Kier molecular flexibility index (Phi) is 4.98. The molecule has 0 amide bonds. The minimum Gasteiger partial charge on any atom is -0.494 e. The fraction of sp³-hybridized carbons (Fsp3) is 0.455. The summed E-state index contributed by atoms with van der Waals surface area (Å²) in [4.78, 5) is 0. The molecule has 3 heteroatoms.